The predicted octanol–water partition coefficient (Wildman–Crippen LogP) is 1.88. The molecule has 0 unspecified atom stereocenters. The number of carbonyl (C=O) groups excluding carboxylic acids is 3. The molecule has 25 heavy (non-hydrogen) atoms. The SMILES string of the molecule is CC(C)COC(=O)[C@H](Cc1nc(C(N)=O)cs1)NC(=O)OC(C)(C)C. The minimum atomic E-state index is -0.972. The molecular weight excluding hydrogens is 346 g/mol. The molecule has 2 amide bonds. The van der Waals surface area contributed by atoms with Crippen molar-refractivity contribution in [2.24, 2.45) is 11.7 Å². The highest BCUT2D eigenvalue weighted by Gasteiger charge is 2.27. The smallest absolute Gasteiger partial charge is 0.408 e. The second-order valence-electron chi connectivity index (χ2n) is 6.92. The van der Waals surface area contributed by atoms with Gasteiger partial charge in [0.2, 0.25) is 0 Å². The number of thiazole rings is 1. The normalized spacial score (nSPS) is 12.6. The number of hydrogen-bond acceptors (Lipinski definition) is 7. The fourth-order valence-electron chi connectivity index (χ4n) is 1.68. The molecule has 1 atom stereocenters. The highest BCUT2D eigenvalue weighted by atomic mass is 32.1. The minimum Gasteiger partial charge on any atom is -0.464 e. The van der Waals surface area contributed by atoms with Gasteiger partial charge in [-0.15, -0.1) is 11.3 Å². The van der Waals surface area contributed by atoms with Crippen molar-refractivity contribution in [3.05, 3.63) is 16.1 Å². The number of amides is 2. The van der Waals surface area contributed by atoms with Gasteiger partial charge in [0, 0.05) is 11.8 Å². The number of primary amides is 1. The maximum atomic E-state index is 12.3. The maximum Gasteiger partial charge on any atom is 0.408 e. The average molecular weight is 371 g/mol. The number of rotatable bonds is 7. The molecule has 3 N–H and O–H groups in total. The average Bonchev–Trinajstić information content (AvgIpc) is 2.90. The van der Waals surface area contributed by atoms with E-state index in [4.69, 9.17) is 15.2 Å². The van der Waals surface area contributed by atoms with Crippen LogP contribution in [0, 0.1) is 5.92 Å². The van der Waals surface area contributed by atoms with Crippen molar-refractivity contribution in [2.45, 2.75) is 52.7 Å². The fraction of sp³-hybridized carbons (Fsp3) is 0.625. The van der Waals surface area contributed by atoms with E-state index in [0.29, 0.717) is 5.01 Å². The molecule has 0 saturated heterocycles. The number of carbonyl (C=O) groups is 3. The molecule has 0 spiro atoms. The van der Waals surface area contributed by atoms with Crippen LogP contribution in [0.25, 0.3) is 0 Å². The van der Waals surface area contributed by atoms with Crippen molar-refractivity contribution in [3.63, 3.8) is 0 Å². The zero-order valence-corrected chi connectivity index (χ0v) is 15.9. The van der Waals surface area contributed by atoms with E-state index >= 15 is 0 Å². The molecule has 0 aliphatic rings. The molecule has 8 nitrogen and oxygen atoms in total. The first-order valence-electron chi connectivity index (χ1n) is 7.88. The molecule has 0 radical (unpaired) electrons. The molecule has 1 aromatic rings. The van der Waals surface area contributed by atoms with Crippen LogP contribution in [0.15, 0.2) is 5.38 Å². The predicted molar refractivity (Wildman–Crippen MR) is 93.3 cm³/mol. The van der Waals surface area contributed by atoms with E-state index in [-0.39, 0.29) is 24.6 Å². The topological polar surface area (TPSA) is 121 Å². The summed E-state index contributed by atoms with van der Waals surface area (Å²) in [6.07, 6.45) is -0.653. The van der Waals surface area contributed by atoms with Crippen LogP contribution < -0.4 is 11.1 Å². The molecule has 140 valence electrons. The molecule has 0 saturated carbocycles. The van der Waals surface area contributed by atoms with Gasteiger partial charge in [-0.1, -0.05) is 13.8 Å². The molecule has 1 aromatic heterocycles. The van der Waals surface area contributed by atoms with Crippen molar-refractivity contribution >= 4 is 29.3 Å². The summed E-state index contributed by atoms with van der Waals surface area (Å²) in [5.74, 6) is -1.08. The van der Waals surface area contributed by atoms with Crippen LogP contribution in [0.4, 0.5) is 4.79 Å². The van der Waals surface area contributed by atoms with Crippen LogP contribution in [0.3, 0.4) is 0 Å². The summed E-state index contributed by atoms with van der Waals surface area (Å²) in [5.41, 5.74) is 4.59. The van der Waals surface area contributed by atoms with Crippen LogP contribution in [0.1, 0.15) is 50.1 Å². The summed E-state index contributed by atoms with van der Waals surface area (Å²) in [6.45, 7) is 9.21. The zero-order chi connectivity index (χ0) is 19.2. The molecule has 0 fully saturated rings. The van der Waals surface area contributed by atoms with Crippen molar-refractivity contribution in [1.29, 1.82) is 0 Å². The Bertz CT molecular complexity index is 622. The lowest BCUT2D eigenvalue weighted by Gasteiger charge is -2.22. The van der Waals surface area contributed by atoms with E-state index < -0.39 is 29.6 Å². The Kier molecular flexibility index (Phi) is 7.35. The number of esters is 1. The Morgan fingerprint density at radius 3 is 2.44 bits per heavy atom. The van der Waals surface area contributed by atoms with Gasteiger partial charge >= 0.3 is 12.1 Å². The van der Waals surface area contributed by atoms with E-state index in [1.807, 2.05) is 13.8 Å². The highest BCUT2D eigenvalue weighted by Crippen LogP contribution is 2.14. The van der Waals surface area contributed by atoms with Crippen molar-refractivity contribution < 1.29 is 23.9 Å². The third-order valence-corrected chi connectivity index (χ3v) is 3.59. The largest absolute Gasteiger partial charge is 0.464 e. The Hall–Kier alpha value is -2.16. The lowest BCUT2D eigenvalue weighted by Crippen LogP contribution is -2.45. The molecule has 9 heteroatoms. The third kappa shape index (κ3) is 7.97. The van der Waals surface area contributed by atoms with Gasteiger partial charge in [0.05, 0.1) is 11.6 Å². The minimum absolute atomic E-state index is 0.0775. The summed E-state index contributed by atoms with van der Waals surface area (Å²) >= 11 is 1.18. The molecule has 1 heterocycles. The monoisotopic (exact) mass is 371 g/mol. The quantitative estimate of drug-likeness (QED) is 0.706. The molecule has 0 aliphatic carbocycles. The van der Waals surface area contributed by atoms with E-state index in [1.54, 1.807) is 20.8 Å². The van der Waals surface area contributed by atoms with Gasteiger partial charge in [-0.25, -0.2) is 14.6 Å². The summed E-state index contributed by atoms with van der Waals surface area (Å²) in [6, 6.07) is -0.972. The molecule has 0 aliphatic heterocycles. The number of ether oxygens (including phenoxy) is 2. The first-order valence-corrected chi connectivity index (χ1v) is 8.76. The standard InChI is InChI=1S/C16H25N3O5S/c1-9(2)7-23-14(21)10(19-15(22)24-16(3,4)5)6-12-18-11(8-25-12)13(17)20/h8-10H,6-7H2,1-5H3,(H2,17,20)(H,19,22)/t10-/m0/s1. The van der Waals surface area contributed by atoms with Gasteiger partial charge in [-0.2, -0.15) is 0 Å². The van der Waals surface area contributed by atoms with Crippen LogP contribution in [0.5, 0.6) is 0 Å². The fourth-order valence-corrected chi connectivity index (χ4v) is 2.52. The van der Waals surface area contributed by atoms with Gasteiger partial charge < -0.3 is 20.5 Å². The highest BCUT2D eigenvalue weighted by molar-refractivity contribution is 7.09. The second-order valence-corrected chi connectivity index (χ2v) is 7.86. The Morgan fingerprint density at radius 1 is 1.32 bits per heavy atom. The first-order chi connectivity index (χ1) is 11.5. The number of alkyl carbamates (subject to hydrolysis) is 1. The Labute approximate surface area is 151 Å². The maximum absolute atomic E-state index is 12.3. The van der Waals surface area contributed by atoms with Crippen LogP contribution in [0.2, 0.25) is 0 Å². The summed E-state index contributed by atoms with van der Waals surface area (Å²) in [5, 5.41) is 4.48. The lowest BCUT2D eigenvalue weighted by molar-refractivity contribution is -0.147. The molecule has 1 rings (SSSR count). The molecule has 0 bridgehead atoms. The third-order valence-electron chi connectivity index (χ3n) is 2.72. The van der Waals surface area contributed by atoms with Gasteiger partial charge in [0.15, 0.2) is 0 Å². The molecular formula is C16H25N3O5S. The van der Waals surface area contributed by atoms with Crippen LogP contribution in [-0.4, -0.2) is 41.2 Å². The number of hydrogen-bond donors (Lipinski definition) is 2. The van der Waals surface area contributed by atoms with E-state index in [9.17, 15) is 14.4 Å². The van der Waals surface area contributed by atoms with Gasteiger partial charge in [-0.3, -0.25) is 4.79 Å². The number of nitrogens with one attached hydrogen (secondary N) is 1. The van der Waals surface area contributed by atoms with Crippen LogP contribution in [-0.2, 0) is 20.7 Å². The van der Waals surface area contributed by atoms with E-state index in [2.05, 4.69) is 10.3 Å². The van der Waals surface area contributed by atoms with Crippen molar-refractivity contribution in [1.82, 2.24) is 10.3 Å². The number of aromatic nitrogens is 1. The van der Waals surface area contributed by atoms with Crippen molar-refractivity contribution in [2.75, 3.05) is 6.61 Å². The van der Waals surface area contributed by atoms with Gasteiger partial charge in [-0.05, 0) is 26.7 Å². The molecule has 0 aromatic carbocycles. The summed E-state index contributed by atoms with van der Waals surface area (Å²) in [7, 11) is 0. The van der Waals surface area contributed by atoms with E-state index in [0.717, 1.165) is 0 Å². The van der Waals surface area contributed by atoms with Crippen LogP contribution >= 0.6 is 11.3 Å². The summed E-state index contributed by atoms with van der Waals surface area (Å²) in [4.78, 5) is 39.5. The van der Waals surface area contributed by atoms with Gasteiger partial charge in [0.25, 0.3) is 5.91 Å². The number of nitrogens with two attached hydrogens (primary N) is 1. The number of nitrogens with zero attached hydrogens (tertiary/aromatic N) is 1. The van der Waals surface area contributed by atoms with Gasteiger partial charge in [0.1, 0.15) is 17.3 Å². The second kappa shape index (κ2) is 8.80. The Balaban J connectivity index is 2.83. The first kappa shape index (κ1) is 20.9. The summed E-state index contributed by atoms with van der Waals surface area (Å²) < 4.78 is 10.4. The lowest BCUT2D eigenvalue weighted by atomic mass is 10.2. The van der Waals surface area contributed by atoms with E-state index in [1.165, 1.54) is 16.7 Å². The van der Waals surface area contributed by atoms with Crippen molar-refractivity contribution in [3.8, 4) is 0 Å². The zero-order valence-electron chi connectivity index (χ0n) is 15.1. The Morgan fingerprint density at radius 2 is 1.96 bits per heavy atom.